The first-order chi connectivity index (χ1) is 11.6. The van der Waals surface area contributed by atoms with Gasteiger partial charge in [0.05, 0.1) is 11.5 Å². The van der Waals surface area contributed by atoms with Crippen molar-refractivity contribution < 1.29 is 18.7 Å². The van der Waals surface area contributed by atoms with Gasteiger partial charge in [0.2, 0.25) is 5.91 Å². The largest absolute Gasteiger partial charge is 0.494 e. The van der Waals surface area contributed by atoms with E-state index in [2.05, 4.69) is 5.32 Å². The average Bonchev–Trinajstić information content (AvgIpc) is 3.11. The predicted molar refractivity (Wildman–Crippen MR) is 92.0 cm³/mol. The first kappa shape index (κ1) is 18.1. The molecule has 2 aromatic rings. The van der Waals surface area contributed by atoms with Crippen LogP contribution in [0.3, 0.4) is 0 Å². The fraction of sp³-hybridized carbons (Fsp3) is 0.333. The second kappa shape index (κ2) is 9.82. The fourth-order valence-corrected chi connectivity index (χ4v) is 2.77. The summed E-state index contributed by atoms with van der Waals surface area (Å²) in [5, 5.41) is 4.67. The highest BCUT2D eigenvalue weighted by Gasteiger charge is 2.08. The van der Waals surface area contributed by atoms with Crippen LogP contribution in [0.2, 0.25) is 0 Å². The van der Waals surface area contributed by atoms with Crippen molar-refractivity contribution in [1.29, 1.82) is 0 Å². The summed E-state index contributed by atoms with van der Waals surface area (Å²) in [4.78, 5) is 24.2. The van der Waals surface area contributed by atoms with E-state index in [1.807, 2.05) is 11.4 Å². The number of hydrogen-bond donors (Lipinski definition) is 1. The van der Waals surface area contributed by atoms with Crippen molar-refractivity contribution in [3.05, 3.63) is 52.5 Å². The van der Waals surface area contributed by atoms with Crippen LogP contribution >= 0.6 is 11.3 Å². The molecule has 128 valence electrons. The second-order valence-electron chi connectivity index (χ2n) is 5.26. The van der Waals surface area contributed by atoms with Gasteiger partial charge in [-0.2, -0.15) is 0 Å². The van der Waals surface area contributed by atoms with Crippen molar-refractivity contribution in [3.8, 4) is 5.75 Å². The second-order valence-corrected chi connectivity index (χ2v) is 6.21. The molecule has 1 N–H and O–H groups in total. The molecule has 0 radical (unpaired) electrons. The van der Waals surface area contributed by atoms with Crippen LogP contribution < -0.4 is 10.1 Å². The van der Waals surface area contributed by atoms with Gasteiger partial charge in [0.1, 0.15) is 11.6 Å². The minimum Gasteiger partial charge on any atom is -0.494 e. The number of rotatable bonds is 10. The molecule has 1 aromatic carbocycles. The van der Waals surface area contributed by atoms with E-state index in [9.17, 15) is 14.0 Å². The lowest BCUT2D eigenvalue weighted by Crippen LogP contribution is -2.25. The molecule has 6 heteroatoms. The number of ketones is 1. The van der Waals surface area contributed by atoms with Gasteiger partial charge in [-0.05, 0) is 48.6 Å². The molecule has 24 heavy (non-hydrogen) atoms. The van der Waals surface area contributed by atoms with Crippen LogP contribution in [0.25, 0.3) is 0 Å². The molecule has 1 heterocycles. The van der Waals surface area contributed by atoms with Crippen LogP contribution in [0.15, 0.2) is 41.8 Å². The predicted octanol–water partition coefficient (Wildman–Crippen LogP) is 3.83. The van der Waals surface area contributed by atoms with Gasteiger partial charge in [0, 0.05) is 19.4 Å². The number of hydrogen-bond acceptors (Lipinski definition) is 4. The summed E-state index contributed by atoms with van der Waals surface area (Å²) in [7, 11) is 0. The van der Waals surface area contributed by atoms with Gasteiger partial charge in [-0.15, -0.1) is 11.3 Å². The summed E-state index contributed by atoms with van der Waals surface area (Å²) in [6.07, 6.45) is 1.95. The standard InChI is InChI=1S/C18H20FNO3S/c19-14-7-9-15(10-8-14)23-12-3-11-20-18(22)6-1-4-16(21)17-5-2-13-24-17/h2,5,7-10,13H,1,3-4,6,11-12H2,(H,20,22). The number of thiophene rings is 1. The molecular weight excluding hydrogens is 329 g/mol. The Kier molecular flexibility index (Phi) is 7.42. The maximum absolute atomic E-state index is 12.7. The van der Waals surface area contributed by atoms with Crippen LogP contribution in [-0.2, 0) is 4.79 Å². The van der Waals surface area contributed by atoms with E-state index < -0.39 is 0 Å². The van der Waals surface area contributed by atoms with E-state index >= 15 is 0 Å². The van der Waals surface area contributed by atoms with Crippen LogP contribution in [0.4, 0.5) is 4.39 Å². The summed E-state index contributed by atoms with van der Waals surface area (Å²) < 4.78 is 18.2. The molecule has 0 unspecified atom stereocenters. The number of ether oxygens (including phenoxy) is 1. The van der Waals surface area contributed by atoms with Crippen molar-refractivity contribution >= 4 is 23.0 Å². The Morgan fingerprint density at radius 2 is 1.88 bits per heavy atom. The molecule has 0 atom stereocenters. The normalized spacial score (nSPS) is 10.4. The maximum atomic E-state index is 12.7. The Hall–Kier alpha value is -2.21. The highest BCUT2D eigenvalue weighted by Crippen LogP contribution is 2.13. The summed E-state index contributed by atoms with van der Waals surface area (Å²) in [6, 6.07) is 9.47. The quantitative estimate of drug-likeness (QED) is 0.524. The zero-order valence-corrected chi connectivity index (χ0v) is 14.1. The van der Waals surface area contributed by atoms with Gasteiger partial charge >= 0.3 is 0 Å². The molecular formula is C18H20FNO3S. The fourth-order valence-electron chi connectivity index (χ4n) is 2.08. The molecule has 0 aliphatic heterocycles. The maximum Gasteiger partial charge on any atom is 0.220 e. The van der Waals surface area contributed by atoms with Crippen molar-refractivity contribution in [2.45, 2.75) is 25.7 Å². The van der Waals surface area contributed by atoms with Crippen molar-refractivity contribution in [3.63, 3.8) is 0 Å². The zero-order valence-electron chi connectivity index (χ0n) is 13.3. The zero-order chi connectivity index (χ0) is 17.2. The first-order valence-corrected chi connectivity index (χ1v) is 8.75. The van der Waals surface area contributed by atoms with Crippen LogP contribution in [0.1, 0.15) is 35.4 Å². The molecule has 0 aliphatic rings. The third kappa shape index (κ3) is 6.50. The summed E-state index contributed by atoms with van der Waals surface area (Å²) in [5.41, 5.74) is 0. The average molecular weight is 349 g/mol. The van der Waals surface area contributed by atoms with Crippen molar-refractivity contribution in [2.24, 2.45) is 0 Å². The van der Waals surface area contributed by atoms with E-state index in [-0.39, 0.29) is 17.5 Å². The lowest BCUT2D eigenvalue weighted by molar-refractivity contribution is -0.121. The van der Waals surface area contributed by atoms with E-state index in [0.29, 0.717) is 44.6 Å². The molecule has 1 aromatic heterocycles. The number of Topliss-reactive ketones (excluding diaryl/α,β-unsaturated/α-hetero) is 1. The topological polar surface area (TPSA) is 55.4 Å². The molecule has 4 nitrogen and oxygen atoms in total. The minimum atomic E-state index is -0.299. The Balaban J connectivity index is 1.50. The van der Waals surface area contributed by atoms with Crippen LogP contribution in [0.5, 0.6) is 5.75 Å². The molecule has 2 rings (SSSR count). The minimum absolute atomic E-state index is 0.0595. The smallest absolute Gasteiger partial charge is 0.220 e. The van der Waals surface area contributed by atoms with Gasteiger partial charge < -0.3 is 10.1 Å². The number of benzene rings is 1. The van der Waals surface area contributed by atoms with Gasteiger partial charge in [0.15, 0.2) is 5.78 Å². The lowest BCUT2D eigenvalue weighted by Gasteiger charge is -2.07. The highest BCUT2D eigenvalue weighted by molar-refractivity contribution is 7.12. The van der Waals surface area contributed by atoms with Crippen LogP contribution in [-0.4, -0.2) is 24.8 Å². The summed E-state index contributed by atoms with van der Waals surface area (Å²) in [6.45, 7) is 0.960. The molecule has 0 fully saturated rings. The Morgan fingerprint density at radius 3 is 2.58 bits per heavy atom. The first-order valence-electron chi connectivity index (χ1n) is 7.87. The summed E-state index contributed by atoms with van der Waals surface area (Å²) in [5.74, 6) is 0.336. The van der Waals surface area contributed by atoms with E-state index in [4.69, 9.17) is 4.74 Å². The molecule has 0 aliphatic carbocycles. The molecule has 0 spiro atoms. The third-order valence-corrected chi connectivity index (χ3v) is 4.24. The van der Waals surface area contributed by atoms with Gasteiger partial charge in [-0.25, -0.2) is 4.39 Å². The number of carbonyl (C=O) groups is 2. The van der Waals surface area contributed by atoms with Crippen LogP contribution in [0, 0.1) is 5.82 Å². The molecule has 1 amide bonds. The van der Waals surface area contributed by atoms with Crippen molar-refractivity contribution in [2.75, 3.05) is 13.2 Å². The highest BCUT2D eigenvalue weighted by atomic mass is 32.1. The monoisotopic (exact) mass is 349 g/mol. The van der Waals surface area contributed by atoms with Gasteiger partial charge in [-0.3, -0.25) is 9.59 Å². The third-order valence-electron chi connectivity index (χ3n) is 3.33. The molecule has 0 saturated carbocycles. The number of carbonyl (C=O) groups excluding carboxylic acids is 2. The SMILES string of the molecule is O=C(CCCC(=O)c1cccs1)NCCCOc1ccc(F)cc1. The van der Waals surface area contributed by atoms with E-state index in [0.717, 1.165) is 4.88 Å². The van der Waals surface area contributed by atoms with E-state index in [1.165, 1.54) is 23.5 Å². The number of nitrogens with one attached hydrogen (secondary N) is 1. The number of halogens is 1. The Labute approximate surface area is 144 Å². The number of amides is 1. The van der Waals surface area contributed by atoms with Crippen molar-refractivity contribution in [1.82, 2.24) is 5.32 Å². The molecule has 0 saturated heterocycles. The lowest BCUT2D eigenvalue weighted by atomic mass is 10.1. The van der Waals surface area contributed by atoms with Gasteiger partial charge in [0.25, 0.3) is 0 Å². The van der Waals surface area contributed by atoms with Gasteiger partial charge in [-0.1, -0.05) is 6.07 Å². The van der Waals surface area contributed by atoms with E-state index in [1.54, 1.807) is 18.2 Å². The molecule has 0 bridgehead atoms. The Morgan fingerprint density at radius 1 is 1.08 bits per heavy atom. The summed E-state index contributed by atoms with van der Waals surface area (Å²) >= 11 is 1.42. The Bertz CT molecular complexity index is 641.